The lowest BCUT2D eigenvalue weighted by atomic mass is 10.1. The standard InChI is InChI=1S/C24H25ClFNO2/c1-3-28-23-14-18(15-27-17(2)19-9-5-4-6-10-19)13-21(25)24(23)29-16-20-11-7-8-12-22(20)26/h4-14,17,27H,3,15-16H2,1-2H3. The quantitative estimate of drug-likeness (QED) is 0.446. The highest BCUT2D eigenvalue weighted by atomic mass is 35.5. The van der Waals surface area contributed by atoms with E-state index in [1.165, 1.54) is 11.6 Å². The van der Waals surface area contributed by atoms with Gasteiger partial charge in [-0.05, 0) is 43.2 Å². The maximum Gasteiger partial charge on any atom is 0.180 e. The van der Waals surface area contributed by atoms with Gasteiger partial charge in [0.2, 0.25) is 0 Å². The molecule has 3 aromatic rings. The maximum atomic E-state index is 13.9. The first kappa shape index (κ1) is 21.2. The molecule has 0 saturated heterocycles. The zero-order chi connectivity index (χ0) is 20.6. The van der Waals surface area contributed by atoms with Crippen LogP contribution in [0.5, 0.6) is 11.5 Å². The van der Waals surface area contributed by atoms with Gasteiger partial charge in [-0.3, -0.25) is 0 Å². The summed E-state index contributed by atoms with van der Waals surface area (Å²) in [6, 6.07) is 20.7. The van der Waals surface area contributed by atoms with Gasteiger partial charge in [-0.25, -0.2) is 4.39 Å². The van der Waals surface area contributed by atoms with Crippen molar-refractivity contribution in [3.63, 3.8) is 0 Å². The first-order valence-corrected chi connectivity index (χ1v) is 10.1. The summed E-state index contributed by atoms with van der Waals surface area (Å²) < 4.78 is 25.4. The van der Waals surface area contributed by atoms with E-state index in [4.69, 9.17) is 21.1 Å². The Kier molecular flexibility index (Phi) is 7.50. The highest BCUT2D eigenvalue weighted by molar-refractivity contribution is 6.32. The second-order valence-corrected chi connectivity index (χ2v) is 7.14. The van der Waals surface area contributed by atoms with Crippen LogP contribution in [0.4, 0.5) is 4.39 Å². The van der Waals surface area contributed by atoms with Crippen LogP contribution in [0.25, 0.3) is 0 Å². The van der Waals surface area contributed by atoms with Gasteiger partial charge in [0.05, 0.1) is 11.6 Å². The molecule has 0 aliphatic heterocycles. The van der Waals surface area contributed by atoms with E-state index in [9.17, 15) is 4.39 Å². The average Bonchev–Trinajstić information content (AvgIpc) is 2.73. The minimum Gasteiger partial charge on any atom is -0.490 e. The molecule has 0 aliphatic carbocycles. The van der Waals surface area contributed by atoms with E-state index in [0.29, 0.717) is 35.2 Å². The molecule has 0 fully saturated rings. The topological polar surface area (TPSA) is 30.5 Å². The summed E-state index contributed by atoms with van der Waals surface area (Å²) >= 11 is 6.48. The number of ether oxygens (including phenoxy) is 2. The lowest BCUT2D eigenvalue weighted by Gasteiger charge is -2.18. The zero-order valence-corrected chi connectivity index (χ0v) is 17.4. The van der Waals surface area contributed by atoms with Crippen molar-refractivity contribution in [1.82, 2.24) is 5.32 Å². The lowest BCUT2D eigenvalue weighted by molar-refractivity contribution is 0.265. The Bertz CT molecular complexity index is 933. The second kappa shape index (κ2) is 10.3. The summed E-state index contributed by atoms with van der Waals surface area (Å²) in [6.45, 7) is 5.20. The third-order valence-electron chi connectivity index (χ3n) is 4.61. The minimum atomic E-state index is -0.308. The molecule has 1 N–H and O–H groups in total. The molecule has 5 heteroatoms. The first-order valence-electron chi connectivity index (χ1n) is 9.68. The lowest BCUT2D eigenvalue weighted by Crippen LogP contribution is -2.18. The fraction of sp³-hybridized carbons (Fsp3) is 0.250. The minimum absolute atomic E-state index is 0.0785. The molecule has 3 aromatic carbocycles. The first-order chi connectivity index (χ1) is 14.1. The molecular formula is C24H25ClFNO2. The van der Waals surface area contributed by atoms with E-state index >= 15 is 0 Å². The van der Waals surface area contributed by atoms with Crippen LogP contribution < -0.4 is 14.8 Å². The third-order valence-corrected chi connectivity index (χ3v) is 4.89. The number of nitrogens with one attached hydrogen (secondary N) is 1. The molecule has 3 rings (SSSR count). The van der Waals surface area contributed by atoms with Crippen molar-refractivity contribution < 1.29 is 13.9 Å². The summed E-state index contributed by atoms with van der Waals surface area (Å²) in [4.78, 5) is 0. The summed E-state index contributed by atoms with van der Waals surface area (Å²) in [7, 11) is 0. The molecule has 0 aromatic heterocycles. The van der Waals surface area contributed by atoms with Crippen LogP contribution in [-0.4, -0.2) is 6.61 Å². The average molecular weight is 414 g/mol. The largest absolute Gasteiger partial charge is 0.490 e. The fourth-order valence-corrected chi connectivity index (χ4v) is 3.31. The van der Waals surface area contributed by atoms with Gasteiger partial charge in [-0.15, -0.1) is 0 Å². The number of halogens is 2. The molecule has 152 valence electrons. The molecule has 0 heterocycles. The van der Waals surface area contributed by atoms with E-state index in [2.05, 4.69) is 24.4 Å². The van der Waals surface area contributed by atoms with Crippen LogP contribution in [0.1, 0.15) is 36.6 Å². The monoisotopic (exact) mass is 413 g/mol. The van der Waals surface area contributed by atoms with Crippen molar-refractivity contribution in [3.8, 4) is 11.5 Å². The van der Waals surface area contributed by atoms with Crippen LogP contribution in [0.3, 0.4) is 0 Å². The van der Waals surface area contributed by atoms with Crippen LogP contribution in [-0.2, 0) is 13.2 Å². The molecule has 3 nitrogen and oxygen atoms in total. The van der Waals surface area contributed by atoms with Crippen molar-refractivity contribution >= 4 is 11.6 Å². The van der Waals surface area contributed by atoms with Crippen molar-refractivity contribution in [2.45, 2.75) is 33.0 Å². The fourth-order valence-electron chi connectivity index (χ4n) is 3.02. The molecule has 0 saturated carbocycles. The SMILES string of the molecule is CCOc1cc(CNC(C)c2ccccc2)cc(Cl)c1OCc1ccccc1F. The molecule has 0 bridgehead atoms. The third kappa shape index (κ3) is 5.72. The number of hydrogen-bond acceptors (Lipinski definition) is 3. The summed E-state index contributed by atoms with van der Waals surface area (Å²) in [6.07, 6.45) is 0. The normalized spacial score (nSPS) is 11.9. The van der Waals surface area contributed by atoms with Crippen LogP contribution in [0, 0.1) is 5.82 Å². The molecule has 1 atom stereocenters. The molecule has 0 aliphatic rings. The van der Waals surface area contributed by atoms with E-state index < -0.39 is 0 Å². The Morgan fingerprint density at radius 1 is 1.00 bits per heavy atom. The number of benzene rings is 3. The summed E-state index contributed by atoms with van der Waals surface area (Å²) in [5.41, 5.74) is 2.67. The highest BCUT2D eigenvalue weighted by Gasteiger charge is 2.14. The Hall–Kier alpha value is -2.56. The smallest absolute Gasteiger partial charge is 0.180 e. The Morgan fingerprint density at radius 2 is 1.72 bits per heavy atom. The molecule has 0 radical (unpaired) electrons. The van der Waals surface area contributed by atoms with Gasteiger partial charge in [0.1, 0.15) is 12.4 Å². The van der Waals surface area contributed by atoms with Gasteiger partial charge in [0.15, 0.2) is 11.5 Å². The zero-order valence-electron chi connectivity index (χ0n) is 16.6. The molecule has 1 unspecified atom stereocenters. The summed E-state index contributed by atoms with van der Waals surface area (Å²) in [5, 5.41) is 3.93. The van der Waals surface area contributed by atoms with Crippen molar-refractivity contribution in [2.75, 3.05) is 6.61 Å². The van der Waals surface area contributed by atoms with Gasteiger partial charge in [-0.1, -0.05) is 60.1 Å². The van der Waals surface area contributed by atoms with Crippen molar-refractivity contribution in [1.29, 1.82) is 0 Å². The van der Waals surface area contributed by atoms with Gasteiger partial charge >= 0.3 is 0 Å². The van der Waals surface area contributed by atoms with Crippen molar-refractivity contribution in [3.05, 3.63) is 94.3 Å². The Labute approximate surface area is 176 Å². The highest BCUT2D eigenvalue weighted by Crippen LogP contribution is 2.37. The maximum absolute atomic E-state index is 13.9. The predicted octanol–water partition coefficient (Wildman–Crippen LogP) is 6.31. The molecular weight excluding hydrogens is 389 g/mol. The molecule has 0 spiro atoms. The van der Waals surface area contributed by atoms with E-state index in [1.54, 1.807) is 18.2 Å². The van der Waals surface area contributed by atoms with E-state index in [-0.39, 0.29) is 18.5 Å². The van der Waals surface area contributed by atoms with Gasteiger partial charge < -0.3 is 14.8 Å². The predicted molar refractivity (Wildman–Crippen MR) is 115 cm³/mol. The second-order valence-electron chi connectivity index (χ2n) is 6.73. The van der Waals surface area contributed by atoms with Crippen molar-refractivity contribution in [2.24, 2.45) is 0 Å². The van der Waals surface area contributed by atoms with Crippen LogP contribution in [0.15, 0.2) is 66.7 Å². The van der Waals surface area contributed by atoms with Gasteiger partial charge in [-0.2, -0.15) is 0 Å². The van der Waals surface area contributed by atoms with Crippen LogP contribution >= 0.6 is 11.6 Å². The van der Waals surface area contributed by atoms with E-state index in [0.717, 1.165) is 5.56 Å². The van der Waals surface area contributed by atoms with Gasteiger partial charge in [0.25, 0.3) is 0 Å². The number of rotatable bonds is 9. The molecule has 0 amide bonds. The molecule has 29 heavy (non-hydrogen) atoms. The van der Waals surface area contributed by atoms with E-state index in [1.807, 2.05) is 37.3 Å². The number of hydrogen-bond donors (Lipinski definition) is 1. The van der Waals surface area contributed by atoms with Gasteiger partial charge in [0, 0.05) is 18.2 Å². The van der Waals surface area contributed by atoms with Crippen LogP contribution in [0.2, 0.25) is 5.02 Å². The Morgan fingerprint density at radius 3 is 2.45 bits per heavy atom. The Balaban J connectivity index is 1.72. The summed E-state index contributed by atoms with van der Waals surface area (Å²) in [5.74, 6) is 0.675.